The lowest BCUT2D eigenvalue weighted by molar-refractivity contribution is 0.225. The van der Waals surface area contributed by atoms with E-state index in [4.69, 9.17) is 9.47 Å². The molecule has 0 unspecified atom stereocenters. The van der Waals surface area contributed by atoms with Crippen LogP contribution in [0.25, 0.3) is 0 Å². The van der Waals surface area contributed by atoms with Gasteiger partial charge in [0.15, 0.2) is 11.6 Å². The summed E-state index contributed by atoms with van der Waals surface area (Å²) in [5.41, 5.74) is 0. The molecule has 0 amide bonds. The van der Waals surface area contributed by atoms with Crippen molar-refractivity contribution in [1.29, 1.82) is 0 Å². The Morgan fingerprint density at radius 1 is 1.22 bits per heavy atom. The van der Waals surface area contributed by atoms with Gasteiger partial charge in [0, 0.05) is 45.5 Å². The van der Waals surface area contributed by atoms with E-state index in [1.54, 1.807) is 25.6 Å². The topological polar surface area (TPSA) is 63.6 Å². The van der Waals surface area contributed by atoms with Gasteiger partial charge in [0.05, 0.1) is 13.7 Å². The van der Waals surface area contributed by atoms with Crippen molar-refractivity contribution in [3.63, 3.8) is 0 Å². The minimum Gasteiger partial charge on any atom is -0.485 e. The third kappa shape index (κ3) is 3.44. The molecule has 1 fully saturated rings. The average molecular weight is 315 g/mol. The summed E-state index contributed by atoms with van der Waals surface area (Å²) in [4.78, 5) is 17.1. The number of nitrogens with zero attached hydrogens (tertiary/aromatic N) is 5. The maximum absolute atomic E-state index is 6.14. The Labute approximate surface area is 135 Å². The molecule has 3 rings (SSSR count). The highest BCUT2D eigenvalue weighted by Crippen LogP contribution is 2.27. The highest BCUT2D eigenvalue weighted by molar-refractivity contribution is 5.51. The van der Waals surface area contributed by atoms with Gasteiger partial charge in [-0.25, -0.2) is 9.97 Å². The van der Waals surface area contributed by atoms with Crippen LogP contribution in [0.15, 0.2) is 30.6 Å². The van der Waals surface area contributed by atoms with Crippen LogP contribution in [0.5, 0.6) is 11.6 Å². The Kier molecular flexibility index (Phi) is 4.45. The third-order valence-electron chi connectivity index (χ3n) is 3.72. The van der Waals surface area contributed by atoms with Crippen LogP contribution < -0.4 is 19.3 Å². The second-order valence-corrected chi connectivity index (χ2v) is 5.59. The van der Waals surface area contributed by atoms with E-state index in [0.29, 0.717) is 11.8 Å². The van der Waals surface area contributed by atoms with E-state index in [1.807, 2.05) is 31.1 Å². The molecule has 1 aliphatic rings. The van der Waals surface area contributed by atoms with Gasteiger partial charge in [-0.3, -0.25) is 0 Å². The molecule has 0 aromatic carbocycles. The third-order valence-corrected chi connectivity index (χ3v) is 3.72. The van der Waals surface area contributed by atoms with Crippen LogP contribution in [-0.4, -0.2) is 55.4 Å². The minimum atomic E-state index is 0.0905. The van der Waals surface area contributed by atoms with Gasteiger partial charge >= 0.3 is 0 Å². The molecule has 0 aliphatic carbocycles. The van der Waals surface area contributed by atoms with Crippen LogP contribution in [0.1, 0.15) is 6.42 Å². The van der Waals surface area contributed by atoms with Crippen molar-refractivity contribution in [3.8, 4) is 11.6 Å². The number of hydrogen-bond acceptors (Lipinski definition) is 7. The molecular weight excluding hydrogens is 294 g/mol. The molecule has 2 aromatic heterocycles. The predicted octanol–water partition coefficient (Wildman–Crippen LogP) is 1.60. The van der Waals surface area contributed by atoms with E-state index in [1.165, 1.54) is 0 Å². The summed E-state index contributed by atoms with van der Waals surface area (Å²) in [6, 6.07) is 5.58. The molecular formula is C16H21N5O2. The van der Waals surface area contributed by atoms with Crippen LogP contribution in [0.2, 0.25) is 0 Å². The number of pyridine rings is 1. The largest absolute Gasteiger partial charge is 0.485 e. The molecule has 0 N–H and O–H groups in total. The minimum absolute atomic E-state index is 0.0905. The zero-order valence-corrected chi connectivity index (χ0v) is 13.6. The molecule has 2 aromatic rings. The van der Waals surface area contributed by atoms with E-state index in [0.717, 1.165) is 31.1 Å². The number of rotatable bonds is 5. The Balaban J connectivity index is 1.68. The number of methoxy groups -OCH3 is 1. The summed E-state index contributed by atoms with van der Waals surface area (Å²) >= 11 is 0. The highest BCUT2D eigenvalue weighted by Gasteiger charge is 2.27. The van der Waals surface area contributed by atoms with E-state index in [-0.39, 0.29) is 6.10 Å². The molecule has 1 saturated heterocycles. The quantitative estimate of drug-likeness (QED) is 0.830. The average Bonchev–Trinajstić information content (AvgIpc) is 3.04. The molecule has 0 saturated carbocycles. The van der Waals surface area contributed by atoms with Gasteiger partial charge in [-0.1, -0.05) is 0 Å². The van der Waals surface area contributed by atoms with Crippen molar-refractivity contribution in [3.05, 3.63) is 30.6 Å². The van der Waals surface area contributed by atoms with Crippen LogP contribution >= 0.6 is 0 Å². The number of ether oxygens (including phenoxy) is 2. The van der Waals surface area contributed by atoms with E-state index in [9.17, 15) is 0 Å². The van der Waals surface area contributed by atoms with Crippen molar-refractivity contribution < 1.29 is 9.47 Å². The summed E-state index contributed by atoms with van der Waals surface area (Å²) in [6.07, 6.45) is 4.49. The Morgan fingerprint density at radius 2 is 2.09 bits per heavy atom. The van der Waals surface area contributed by atoms with Crippen LogP contribution in [0.3, 0.4) is 0 Å². The molecule has 7 heteroatoms. The summed E-state index contributed by atoms with van der Waals surface area (Å²) in [5.74, 6) is 2.88. The summed E-state index contributed by atoms with van der Waals surface area (Å²) in [5, 5.41) is 0. The summed E-state index contributed by atoms with van der Waals surface area (Å²) in [7, 11) is 5.52. The molecule has 7 nitrogen and oxygen atoms in total. The van der Waals surface area contributed by atoms with Crippen molar-refractivity contribution in [2.75, 3.05) is 44.1 Å². The van der Waals surface area contributed by atoms with E-state index < -0.39 is 0 Å². The zero-order valence-electron chi connectivity index (χ0n) is 13.6. The van der Waals surface area contributed by atoms with Gasteiger partial charge < -0.3 is 19.3 Å². The van der Waals surface area contributed by atoms with Crippen molar-refractivity contribution in [1.82, 2.24) is 15.0 Å². The van der Waals surface area contributed by atoms with Gasteiger partial charge in [-0.05, 0) is 12.1 Å². The first-order chi connectivity index (χ1) is 11.2. The first-order valence-electron chi connectivity index (χ1n) is 7.58. The zero-order chi connectivity index (χ0) is 16.2. The maximum atomic E-state index is 6.14. The fourth-order valence-electron chi connectivity index (χ4n) is 2.59. The molecule has 1 atom stereocenters. The predicted molar refractivity (Wildman–Crippen MR) is 88.4 cm³/mol. The smallest absolute Gasteiger partial charge is 0.228 e. The lowest BCUT2D eigenvalue weighted by Crippen LogP contribution is -2.26. The lowest BCUT2D eigenvalue weighted by atomic mass is 10.3. The first kappa shape index (κ1) is 15.3. The molecule has 0 radical (unpaired) electrons. The van der Waals surface area contributed by atoms with Gasteiger partial charge in [0.2, 0.25) is 11.8 Å². The molecule has 3 heterocycles. The standard InChI is InChI=1S/C16H21N5O2/c1-20(2)15-13(5-4-8-17-15)23-12-7-10-21(11-12)16-18-9-6-14(19-16)22-3/h4-6,8-9,12H,7,10-11H2,1-3H3/t12-/m1/s1. The summed E-state index contributed by atoms with van der Waals surface area (Å²) in [6.45, 7) is 1.60. The first-order valence-corrected chi connectivity index (χ1v) is 7.58. The highest BCUT2D eigenvalue weighted by atomic mass is 16.5. The summed E-state index contributed by atoms with van der Waals surface area (Å²) < 4.78 is 11.3. The number of aromatic nitrogens is 3. The van der Waals surface area contributed by atoms with Crippen LogP contribution in [0.4, 0.5) is 11.8 Å². The fraction of sp³-hybridized carbons (Fsp3) is 0.438. The molecule has 23 heavy (non-hydrogen) atoms. The molecule has 0 spiro atoms. The Bertz CT molecular complexity index is 664. The van der Waals surface area contributed by atoms with Crippen LogP contribution in [0, 0.1) is 0 Å². The monoisotopic (exact) mass is 315 g/mol. The Morgan fingerprint density at radius 3 is 2.87 bits per heavy atom. The fourth-order valence-corrected chi connectivity index (χ4v) is 2.59. The van der Waals surface area contributed by atoms with Crippen LogP contribution in [-0.2, 0) is 0 Å². The lowest BCUT2D eigenvalue weighted by Gasteiger charge is -2.20. The second-order valence-electron chi connectivity index (χ2n) is 5.59. The van der Waals surface area contributed by atoms with E-state index >= 15 is 0 Å². The number of hydrogen-bond donors (Lipinski definition) is 0. The van der Waals surface area contributed by atoms with Gasteiger partial charge in [0.25, 0.3) is 0 Å². The normalized spacial score (nSPS) is 17.2. The van der Waals surface area contributed by atoms with Crippen molar-refractivity contribution >= 4 is 11.8 Å². The maximum Gasteiger partial charge on any atom is 0.228 e. The SMILES string of the molecule is COc1ccnc(N2CC[C@@H](Oc3cccnc3N(C)C)C2)n1. The molecule has 122 valence electrons. The van der Waals surface area contributed by atoms with Gasteiger partial charge in [-0.2, -0.15) is 4.98 Å². The van der Waals surface area contributed by atoms with Gasteiger partial charge in [0.1, 0.15) is 6.10 Å². The number of anilines is 2. The second kappa shape index (κ2) is 6.68. The van der Waals surface area contributed by atoms with Crippen molar-refractivity contribution in [2.45, 2.75) is 12.5 Å². The Hall–Kier alpha value is -2.57. The van der Waals surface area contributed by atoms with Gasteiger partial charge in [-0.15, -0.1) is 0 Å². The van der Waals surface area contributed by atoms with Crippen molar-refractivity contribution in [2.24, 2.45) is 0 Å². The molecule has 1 aliphatic heterocycles. The van der Waals surface area contributed by atoms with E-state index in [2.05, 4.69) is 19.9 Å². The molecule has 0 bridgehead atoms.